The molecule has 2 aromatic rings. The summed E-state index contributed by atoms with van der Waals surface area (Å²) in [5, 5.41) is 5.22. The Labute approximate surface area is 120 Å². The number of nitrogens with two attached hydrogens (primary N) is 1. The van der Waals surface area contributed by atoms with Crippen molar-refractivity contribution in [2.75, 3.05) is 6.54 Å². The van der Waals surface area contributed by atoms with Crippen LogP contribution in [0.4, 0.5) is 0 Å². The molecule has 0 amide bonds. The summed E-state index contributed by atoms with van der Waals surface area (Å²) in [6.07, 6.45) is 0.792. The smallest absolute Gasteiger partial charge is 0.0743 e. The zero-order chi connectivity index (χ0) is 13.3. The average Bonchev–Trinajstić information content (AvgIpc) is 2.60. The van der Waals surface area contributed by atoms with Crippen LogP contribution in [0.2, 0.25) is 5.02 Å². The zero-order valence-corrected chi connectivity index (χ0v) is 12.7. The highest BCUT2D eigenvalue weighted by Crippen LogP contribution is 2.25. The molecule has 1 aromatic heterocycles. The lowest BCUT2D eigenvalue weighted by Gasteiger charge is -2.08. The van der Waals surface area contributed by atoms with Crippen molar-refractivity contribution >= 4 is 27.5 Å². The highest BCUT2D eigenvalue weighted by Gasteiger charge is 2.11. The van der Waals surface area contributed by atoms with Gasteiger partial charge in [0.2, 0.25) is 0 Å². The maximum absolute atomic E-state index is 6.25. The molecule has 0 atom stereocenters. The standard InChI is InChI=1S/C13H15BrClN3/c1-8-13(14)9(2)18(17-8)11-4-3-10(5-6-16)12(15)7-11/h3-4,7H,5-6,16H2,1-2H3. The SMILES string of the molecule is Cc1nn(-c2ccc(CCN)c(Cl)c2)c(C)c1Br. The highest BCUT2D eigenvalue weighted by molar-refractivity contribution is 9.10. The summed E-state index contributed by atoms with van der Waals surface area (Å²) < 4.78 is 2.92. The fourth-order valence-electron chi connectivity index (χ4n) is 1.90. The van der Waals surface area contributed by atoms with Gasteiger partial charge < -0.3 is 5.73 Å². The van der Waals surface area contributed by atoms with E-state index >= 15 is 0 Å². The van der Waals surface area contributed by atoms with E-state index in [1.807, 2.05) is 36.7 Å². The van der Waals surface area contributed by atoms with Gasteiger partial charge in [0.15, 0.2) is 0 Å². The summed E-state index contributed by atoms with van der Waals surface area (Å²) in [5.41, 5.74) is 9.61. The van der Waals surface area contributed by atoms with E-state index in [0.717, 1.165) is 38.6 Å². The zero-order valence-electron chi connectivity index (χ0n) is 10.4. The quantitative estimate of drug-likeness (QED) is 0.938. The molecule has 96 valence electrons. The maximum Gasteiger partial charge on any atom is 0.0743 e. The molecule has 0 saturated carbocycles. The first-order valence-electron chi connectivity index (χ1n) is 5.75. The number of nitrogens with zero attached hydrogens (tertiary/aromatic N) is 2. The van der Waals surface area contributed by atoms with Crippen LogP contribution in [0.1, 0.15) is 17.0 Å². The lowest BCUT2D eigenvalue weighted by molar-refractivity contribution is 0.832. The normalized spacial score (nSPS) is 10.9. The second-order valence-corrected chi connectivity index (χ2v) is 5.41. The third-order valence-corrected chi connectivity index (χ3v) is 4.40. The molecule has 0 aliphatic heterocycles. The number of benzene rings is 1. The topological polar surface area (TPSA) is 43.8 Å². The van der Waals surface area contributed by atoms with Crippen molar-refractivity contribution in [3.8, 4) is 5.69 Å². The summed E-state index contributed by atoms with van der Waals surface area (Å²) in [6, 6.07) is 5.95. The van der Waals surface area contributed by atoms with E-state index in [9.17, 15) is 0 Å². The molecular formula is C13H15BrClN3. The predicted molar refractivity (Wildman–Crippen MR) is 78.5 cm³/mol. The number of hydrogen-bond donors (Lipinski definition) is 1. The van der Waals surface area contributed by atoms with Crippen molar-refractivity contribution in [1.29, 1.82) is 0 Å². The summed E-state index contributed by atoms with van der Waals surface area (Å²) in [7, 11) is 0. The Kier molecular flexibility index (Phi) is 4.10. The molecule has 0 bridgehead atoms. The number of rotatable bonds is 3. The Balaban J connectivity index is 2.45. The summed E-state index contributed by atoms with van der Waals surface area (Å²) in [4.78, 5) is 0. The van der Waals surface area contributed by atoms with Crippen LogP contribution in [0, 0.1) is 13.8 Å². The summed E-state index contributed by atoms with van der Waals surface area (Å²) >= 11 is 9.77. The van der Waals surface area contributed by atoms with Crippen LogP contribution in [-0.4, -0.2) is 16.3 Å². The number of aryl methyl sites for hydroxylation is 1. The van der Waals surface area contributed by atoms with Gasteiger partial charge >= 0.3 is 0 Å². The van der Waals surface area contributed by atoms with Crippen LogP contribution < -0.4 is 5.73 Å². The second-order valence-electron chi connectivity index (χ2n) is 4.21. The molecule has 1 aromatic carbocycles. The van der Waals surface area contributed by atoms with Crippen LogP contribution >= 0.6 is 27.5 Å². The number of aromatic nitrogens is 2. The largest absolute Gasteiger partial charge is 0.330 e. The van der Waals surface area contributed by atoms with Crippen LogP contribution in [0.5, 0.6) is 0 Å². The van der Waals surface area contributed by atoms with Crippen molar-refractivity contribution in [3.05, 3.63) is 44.6 Å². The van der Waals surface area contributed by atoms with E-state index in [1.165, 1.54) is 0 Å². The molecule has 5 heteroatoms. The molecule has 3 nitrogen and oxygen atoms in total. The molecule has 0 unspecified atom stereocenters. The first-order valence-corrected chi connectivity index (χ1v) is 6.92. The van der Waals surface area contributed by atoms with Gasteiger partial charge in [-0.3, -0.25) is 0 Å². The van der Waals surface area contributed by atoms with Crippen molar-refractivity contribution in [1.82, 2.24) is 9.78 Å². The van der Waals surface area contributed by atoms with Crippen LogP contribution in [0.3, 0.4) is 0 Å². The van der Waals surface area contributed by atoms with Gasteiger partial charge in [-0.25, -0.2) is 4.68 Å². The van der Waals surface area contributed by atoms with E-state index in [4.69, 9.17) is 17.3 Å². The summed E-state index contributed by atoms with van der Waals surface area (Å²) in [6.45, 7) is 4.59. The second kappa shape index (κ2) is 5.43. The maximum atomic E-state index is 6.25. The molecule has 1 heterocycles. The molecule has 0 spiro atoms. The molecule has 0 saturated heterocycles. The monoisotopic (exact) mass is 327 g/mol. The number of halogens is 2. The molecule has 2 rings (SSSR count). The fraction of sp³-hybridized carbons (Fsp3) is 0.308. The van der Waals surface area contributed by atoms with Crippen molar-refractivity contribution in [2.24, 2.45) is 5.73 Å². The van der Waals surface area contributed by atoms with Gasteiger partial charge in [-0.15, -0.1) is 0 Å². The highest BCUT2D eigenvalue weighted by atomic mass is 79.9. The Morgan fingerprint density at radius 2 is 2.11 bits per heavy atom. The Morgan fingerprint density at radius 3 is 2.61 bits per heavy atom. The molecule has 2 N–H and O–H groups in total. The Morgan fingerprint density at radius 1 is 1.39 bits per heavy atom. The van der Waals surface area contributed by atoms with E-state index < -0.39 is 0 Å². The van der Waals surface area contributed by atoms with Gasteiger partial charge in [0.1, 0.15) is 0 Å². The summed E-state index contributed by atoms with van der Waals surface area (Å²) in [5.74, 6) is 0. The molecular weight excluding hydrogens is 314 g/mol. The fourth-order valence-corrected chi connectivity index (χ4v) is 2.42. The van der Waals surface area contributed by atoms with Gasteiger partial charge in [-0.1, -0.05) is 17.7 Å². The lowest BCUT2D eigenvalue weighted by atomic mass is 10.1. The minimum atomic E-state index is 0.602. The molecule has 0 aliphatic rings. The van der Waals surface area contributed by atoms with Gasteiger partial charge in [-0.2, -0.15) is 5.10 Å². The van der Waals surface area contributed by atoms with Gasteiger partial charge in [0.25, 0.3) is 0 Å². The van der Waals surface area contributed by atoms with Crippen LogP contribution in [-0.2, 0) is 6.42 Å². The van der Waals surface area contributed by atoms with E-state index in [0.29, 0.717) is 6.54 Å². The first-order chi connectivity index (χ1) is 8.54. The minimum Gasteiger partial charge on any atom is -0.330 e. The number of hydrogen-bond acceptors (Lipinski definition) is 2. The van der Waals surface area contributed by atoms with Gasteiger partial charge in [0.05, 0.1) is 21.5 Å². The molecule has 18 heavy (non-hydrogen) atoms. The third kappa shape index (κ3) is 2.46. The van der Waals surface area contributed by atoms with E-state index in [-0.39, 0.29) is 0 Å². The molecule has 0 aliphatic carbocycles. The van der Waals surface area contributed by atoms with Gasteiger partial charge in [0, 0.05) is 5.02 Å². The lowest BCUT2D eigenvalue weighted by Crippen LogP contribution is -2.04. The predicted octanol–water partition coefficient (Wildman–Crippen LogP) is 3.41. The van der Waals surface area contributed by atoms with E-state index in [2.05, 4.69) is 21.0 Å². The van der Waals surface area contributed by atoms with E-state index in [1.54, 1.807) is 0 Å². The molecule has 0 fully saturated rings. The average molecular weight is 329 g/mol. The first kappa shape index (κ1) is 13.6. The Hall–Kier alpha value is -0.840. The van der Waals surface area contributed by atoms with Crippen molar-refractivity contribution < 1.29 is 0 Å². The van der Waals surface area contributed by atoms with Crippen LogP contribution in [0.15, 0.2) is 22.7 Å². The van der Waals surface area contributed by atoms with Crippen molar-refractivity contribution in [2.45, 2.75) is 20.3 Å². The van der Waals surface area contributed by atoms with Crippen LogP contribution in [0.25, 0.3) is 5.69 Å². The minimum absolute atomic E-state index is 0.602. The Bertz CT molecular complexity index is 578. The van der Waals surface area contributed by atoms with Gasteiger partial charge in [-0.05, 0) is 60.4 Å². The van der Waals surface area contributed by atoms with Crippen molar-refractivity contribution in [3.63, 3.8) is 0 Å². The third-order valence-electron chi connectivity index (χ3n) is 2.90. The molecule has 0 radical (unpaired) electrons.